The van der Waals surface area contributed by atoms with Gasteiger partial charge in [0.15, 0.2) is 24.4 Å². The molecule has 14 N–H and O–H groups in total. The van der Waals surface area contributed by atoms with Crippen LogP contribution in [0.5, 0.6) is 46.0 Å². The Kier molecular flexibility index (Phi) is 16.2. The average Bonchev–Trinajstić information content (AvgIpc) is 3.37. The molecule has 0 radical (unpaired) electrons. The number of allylic oxidation sites excluding steroid dienone is 4. The summed E-state index contributed by atoms with van der Waals surface area (Å²) in [5.41, 5.74) is 1.58. The van der Waals surface area contributed by atoms with Gasteiger partial charge in [-0.25, -0.2) is 0 Å². The highest BCUT2D eigenvalue weighted by atomic mass is 16.7. The summed E-state index contributed by atoms with van der Waals surface area (Å²) >= 11 is 0. The maximum Gasteiger partial charge on any atom is 0.229 e. The van der Waals surface area contributed by atoms with Crippen molar-refractivity contribution in [2.45, 2.75) is 125 Å². The van der Waals surface area contributed by atoms with Crippen molar-refractivity contribution in [3.05, 3.63) is 117 Å². The Labute approximate surface area is 422 Å². The van der Waals surface area contributed by atoms with Crippen molar-refractivity contribution in [1.82, 2.24) is 0 Å². The van der Waals surface area contributed by atoms with Gasteiger partial charge in [0, 0.05) is 23.3 Å². The third kappa shape index (κ3) is 10.6. The van der Waals surface area contributed by atoms with Crippen LogP contribution in [0.15, 0.2) is 84.0 Å². The minimum Gasteiger partial charge on any atom is -0.508 e. The minimum atomic E-state index is -1.86. The number of carbonyl (C=O) groups is 2. The number of phenolic OH excluding ortho intramolecular Hbond substituents is 4. The van der Waals surface area contributed by atoms with Gasteiger partial charge in [-0.3, -0.25) is 9.59 Å². The first kappa shape index (κ1) is 53.9. The summed E-state index contributed by atoms with van der Waals surface area (Å²) < 4.78 is 35.8. The summed E-state index contributed by atoms with van der Waals surface area (Å²) in [6.45, 7) is 2.06. The zero-order chi connectivity index (χ0) is 53.4. The van der Waals surface area contributed by atoms with Crippen molar-refractivity contribution in [2.24, 2.45) is 0 Å². The van der Waals surface area contributed by atoms with Crippen LogP contribution in [0.2, 0.25) is 0 Å². The molecular weight excluding hydrogens is 977 g/mol. The Bertz CT molecular complexity index is 2570. The Morgan fingerprint density at radius 1 is 0.527 bits per heavy atom. The molecule has 4 aromatic rings. The molecule has 14 atom stereocenters. The number of Topliss-reactive ketones (excluding diaryl/α,β-unsaturated/α-hetero) is 2. The molecule has 2 fully saturated rings. The lowest BCUT2D eigenvalue weighted by Gasteiger charge is -2.40. The van der Waals surface area contributed by atoms with E-state index in [4.69, 9.17) is 28.4 Å². The molecular formula is C52H58O22. The Hall–Kier alpha value is -6.38. The van der Waals surface area contributed by atoms with Crippen LogP contribution in [0.1, 0.15) is 81.9 Å². The number of phenols is 4. The predicted molar refractivity (Wildman–Crippen MR) is 253 cm³/mol. The highest BCUT2D eigenvalue weighted by Crippen LogP contribution is 2.49. The highest BCUT2D eigenvalue weighted by Gasteiger charge is 2.48. The van der Waals surface area contributed by atoms with Crippen molar-refractivity contribution in [1.29, 1.82) is 0 Å². The lowest BCUT2D eigenvalue weighted by Crippen LogP contribution is -2.60. The molecule has 4 heterocycles. The van der Waals surface area contributed by atoms with Crippen molar-refractivity contribution in [3.8, 4) is 46.0 Å². The molecule has 22 heteroatoms. The molecule has 0 spiro atoms. The van der Waals surface area contributed by atoms with Gasteiger partial charge in [0.1, 0.15) is 106 Å². The first-order valence-corrected chi connectivity index (χ1v) is 23.6. The zero-order valence-corrected chi connectivity index (χ0v) is 39.8. The van der Waals surface area contributed by atoms with Crippen LogP contribution in [-0.2, 0) is 22.3 Å². The number of hydrogen-bond acceptors (Lipinski definition) is 22. The van der Waals surface area contributed by atoms with Gasteiger partial charge in [0.2, 0.25) is 24.1 Å². The SMILES string of the molecule is CC(=CCc1c(OC2OC(CO)C(O)C(O)C2O)cc(O)c2c1OC(c1ccc(O)cc1)C(O)C2=O)CCC(C)=CCc1c(O[C@@H]2O[C@H](CO)[C@@H](O)[C@H](O)[C@H]2O)cc(O)c2c1O[C@H](c1ccc(O)cc1)[C@@H](O)C2=O. The molecule has 398 valence electrons. The van der Waals surface area contributed by atoms with E-state index >= 15 is 0 Å². The fraction of sp³-hybridized carbons (Fsp3) is 0.423. The van der Waals surface area contributed by atoms with E-state index in [1.807, 2.05) is 0 Å². The summed E-state index contributed by atoms with van der Waals surface area (Å²) in [6, 6.07) is 13.1. The zero-order valence-electron chi connectivity index (χ0n) is 39.8. The van der Waals surface area contributed by atoms with Crippen LogP contribution in [0.3, 0.4) is 0 Å². The van der Waals surface area contributed by atoms with E-state index in [9.17, 15) is 81.1 Å². The largest absolute Gasteiger partial charge is 0.508 e. The van der Waals surface area contributed by atoms with Crippen LogP contribution in [-0.4, -0.2) is 170 Å². The number of aromatic hydroxyl groups is 4. The van der Waals surface area contributed by atoms with E-state index < -0.39 is 122 Å². The number of ether oxygens (including phenoxy) is 6. The molecule has 74 heavy (non-hydrogen) atoms. The summed E-state index contributed by atoms with van der Waals surface area (Å²) in [7, 11) is 0. The number of benzene rings is 4. The minimum absolute atomic E-state index is 0.0760. The number of ketones is 2. The topological polar surface area (TPSA) is 373 Å². The van der Waals surface area contributed by atoms with E-state index in [0.29, 0.717) is 24.0 Å². The number of hydrogen-bond donors (Lipinski definition) is 14. The number of aliphatic hydroxyl groups is 10. The monoisotopic (exact) mass is 1030 g/mol. The molecule has 4 aliphatic heterocycles. The quantitative estimate of drug-likeness (QED) is 0.0728. The van der Waals surface area contributed by atoms with E-state index in [-0.39, 0.29) is 69.6 Å². The van der Waals surface area contributed by atoms with Gasteiger partial charge in [0.25, 0.3) is 0 Å². The Morgan fingerprint density at radius 3 is 1.22 bits per heavy atom. The van der Waals surface area contributed by atoms with Crippen molar-refractivity contribution >= 4 is 11.6 Å². The Balaban J connectivity index is 1.09. The van der Waals surface area contributed by atoms with E-state index in [2.05, 4.69) is 0 Å². The number of rotatable bonds is 15. The molecule has 0 aliphatic carbocycles. The normalized spacial score (nSPS) is 30.2. The lowest BCUT2D eigenvalue weighted by atomic mass is 9.90. The van der Waals surface area contributed by atoms with Crippen LogP contribution in [0.25, 0.3) is 0 Å². The van der Waals surface area contributed by atoms with Gasteiger partial charge in [-0.2, -0.15) is 0 Å². The molecule has 0 bridgehead atoms. The first-order valence-electron chi connectivity index (χ1n) is 23.6. The third-order valence-corrected chi connectivity index (χ3v) is 13.6. The smallest absolute Gasteiger partial charge is 0.229 e. The van der Waals surface area contributed by atoms with E-state index in [0.717, 1.165) is 23.3 Å². The number of fused-ring (bicyclic) bond motifs is 2. The van der Waals surface area contributed by atoms with Gasteiger partial charge in [0.05, 0.1) is 13.2 Å². The molecule has 22 nitrogen and oxygen atoms in total. The van der Waals surface area contributed by atoms with Gasteiger partial charge in [-0.1, -0.05) is 47.6 Å². The summed E-state index contributed by atoms with van der Waals surface area (Å²) in [6.07, 6.45) is -19.1. The second-order valence-corrected chi connectivity index (χ2v) is 18.7. The average molecular weight is 1040 g/mol. The fourth-order valence-electron chi connectivity index (χ4n) is 9.17. The lowest BCUT2D eigenvalue weighted by molar-refractivity contribution is -0.277. The van der Waals surface area contributed by atoms with Crippen LogP contribution in [0.4, 0.5) is 0 Å². The van der Waals surface area contributed by atoms with E-state index in [1.54, 1.807) is 26.0 Å². The third-order valence-electron chi connectivity index (χ3n) is 13.6. The fourth-order valence-corrected chi connectivity index (χ4v) is 9.17. The predicted octanol–water partition coefficient (Wildman–Crippen LogP) is 0.679. The number of aliphatic hydroxyl groups excluding tert-OH is 10. The highest BCUT2D eigenvalue weighted by molar-refractivity contribution is 6.07. The Morgan fingerprint density at radius 2 is 0.878 bits per heavy atom. The van der Waals surface area contributed by atoms with Crippen LogP contribution >= 0.6 is 0 Å². The maximum absolute atomic E-state index is 13.8. The molecule has 0 amide bonds. The summed E-state index contributed by atoms with van der Waals surface area (Å²) in [5, 5.41) is 148. The molecule has 2 saturated heterocycles. The van der Waals surface area contributed by atoms with Gasteiger partial charge in [-0.15, -0.1) is 0 Å². The molecule has 4 aliphatic rings. The maximum atomic E-state index is 13.8. The van der Waals surface area contributed by atoms with Crippen molar-refractivity contribution in [3.63, 3.8) is 0 Å². The van der Waals surface area contributed by atoms with E-state index in [1.165, 1.54) is 48.5 Å². The molecule has 8 rings (SSSR count). The van der Waals surface area contributed by atoms with Crippen molar-refractivity contribution in [2.75, 3.05) is 13.2 Å². The second-order valence-electron chi connectivity index (χ2n) is 18.7. The number of carbonyl (C=O) groups excluding carboxylic acids is 2. The summed E-state index contributed by atoms with van der Waals surface area (Å²) in [4.78, 5) is 27.5. The molecule has 4 aromatic carbocycles. The standard InChI is InChI=1S/C52H58O22/c1-21(5-15-27-31(69-51-45(67)41(63)37(59)33(19-53)71-51)17-29(57)35-39(61)43(65)47(73-49(27)35)23-7-11-25(55)12-8-23)3-4-22(2)6-16-28-32(70-52-46(68)42(64)38(60)34(20-54)72-52)18-30(58)36-40(62)44(66)48(74-50(28)36)24-9-13-26(56)14-10-24/h5-14,17-18,33-34,37-38,41-48,51-60,63-68H,3-4,15-16,19-20H2,1-2H3/t33-,34?,37-,38?,41+,42?,43+,44?,45-,46?,47-,48?,51-,52?/m1/s1. The second kappa shape index (κ2) is 22.2. The van der Waals surface area contributed by atoms with Gasteiger partial charge in [-0.05, 0) is 74.9 Å². The van der Waals surface area contributed by atoms with Gasteiger partial charge >= 0.3 is 0 Å². The summed E-state index contributed by atoms with van der Waals surface area (Å²) in [5.74, 6) is -4.12. The van der Waals surface area contributed by atoms with Crippen LogP contribution < -0.4 is 18.9 Å². The van der Waals surface area contributed by atoms with Crippen LogP contribution in [0, 0.1) is 0 Å². The first-order chi connectivity index (χ1) is 35.2. The molecule has 0 aromatic heterocycles. The van der Waals surface area contributed by atoms with Crippen molar-refractivity contribution < 1.29 is 110 Å². The molecule has 0 saturated carbocycles. The van der Waals surface area contributed by atoms with Gasteiger partial charge < -0.3 is 99.9 Å². The molecule has 7 unspecified atom stereocenters.